The lowest BCUT2D eigenvalue weighted by atomic mass is 10.3. The van der Waals surface area contributed by atoms with Gasteiger partial charge in [-0.25, -0.2) is 0 Å². The zero-order valence-electron chi connectivity index (χ0n) is 5.19. The molecule has 0 spiro atoms. The van der Waals surface area contributed by atoms with E-state index in [-0.39, 0.29) is 0 Å². The Balaban J connectivity index is 2.33. The SMILES string of the molecule is P[Si]1(P)CCCCC1. The van der Waals surface area contributed by atoms with E-state index in [2.05, 4.69) is 17.6 Å². The molecule has 1 heterocycles. The van der Waals surface area contributed by atoms with Gasteiger partial charge in [0.25, 0.3) is 0 Å². The molecule has 1 aliphatic heterocycles. The molecule has 0 N–H and O–H groups in total. The Morgan fingerprint density at radius 3 is 1.62 bits per heavy atom. The lowest BCUT2D eigenvalue weighted by molar-refractivity contribution is 0.728. The second kappa shape index (κ2) is 2.77. The van der Waals surface area contributed by atoms with Gasteiger partial charge in [-0.05, 0) is 0 Å². The Morgan fingerprint density at radius 2 is 1.38 bits per heavy atom. The fraction of sp³-hybridized carbons (Fsp3) is 1.00. The van der Waals surface area contributed by atoms with E-state index in [1.54, 1.807) is 0 Å². The minimum absolute atomic E-state index is 0.757. The fourth-order valence-corrected chi connectivity index (χ4v) is 5.73. The van der Waals surface area contributed by atoms with Crippen LogP contribution in [0.15, 0.2) is 0 Å². The molecular weight excluding hydrogens is 150 g/mol. The summed E-state index contributed by atoms with van der Waals surface area (Å²) in [7, 11) is 5.37. The van der Waals surface area contributed by atoms with Gasteiger partial charge < -0.3 is 0 Å². The summed E-state index contributed by atoms with van der Waals surface area (Å²) in [6.07, 6.45) is 4.45. The second-order valence-electron chi connectivity index (χ2n) is 2.79. The van der Waals surface area contributed by atoms with Gasteiger partial charge in [0.1, 0.15) is 0 Å². The molecule has 8 heavy (non-hydrogen) atoms. The summed E-state index contributed by atoms with van der Waals surface area (Å²) in [6, 6.07) is 3.03. The van der Waals surface area contributed by atoms with Crippen molar-refractivity contribution in [2.75, 3.05) is 0 Å². The van der Waals surface area contributed by atoms with Gasteiger partial charge in [-0.3, -0.25) is 0 Å². The van der Waals surface area contributed by atoms with Crippen molar-refractivity contribution >= 4 is 25.0 Å². The average Bonchev–Trinajstić information content (AvgIpc) is 1.65. The van der Waals surface area contributed by atoms with Crippen LogP contribution in [0.2, 0.25) is 12.1 Å². The molecule has 1 rings (SSSR count). The molecule has 2 atom stereocenters. The third kappa shape index (κ3) is 2.13. The topological polar surface area (TPSA) is 0 Å². The lowest BCUT2D eigenvalue weighted by Crippen LogP contribution is -2.19. The van der Waals surface area contributed by atoms with Crippen LogP contribution in [0.4, 0.5) is 0 Å². The van der Waals surface area contributed by atoms with Crippen LogP contribution in [-0.2, 0) is 0 Å². The molecule has 0 amide bonds. The van der Waals surface area contributed by atoms with Crippen molar-refractivity contribution in [1.29, 1.82) is 0 Å². The zero-order valence-corrected chi connectivity index (χ0v) is 8.50. The van der Waals surface area contributed by atoms with Crippen LogP contribution in [0.5, 0.6) is 0 Å². The Labute approximate surface area is 56.9 Å². The monoisotopic (exact) mass is 164 g/mol. The Bertz CT molecular complexity index is 74.5. The standard InChI is InChI=1S/C5H14P2Si/c6-8(7)4-2-1-3-5-8/h1-7H2. The Morgan fingerprint density at radius 1 is 0.875 bits per heavy atom. The van der Waals surface area contributed by atoms with Crippen LogP contribution in [0.1, 0.15) is 19.3 Å². The first kappa shape index (κ1) is 7.19. The van der Waals surface area contributed by atoms with Crippen molar-refractivity contribution in [2.45, 2.75) is 31.4 Å². The van der Waals surface area contributed by atoms with E-state index in [9.17, 15) is 0 Å². The predicted molar refractivity (Wildman–Crippen MR) is 48.6 cm³/mol. The Hall–Kier alpha value is 1.08. The summed E-state index contributed by atoms with van der Waals surface area (Å²) in [5.74, 6) is 0. The molecule has 0 bridgehead atoms. The fourth-order valence-electron chi connectivity index (χ4n) is 1.21. The zero-order chi connectivity index (χ0) is 6.04. The van der Waals surface area contributed by atoms with Crippen molar-refractivity contribution in [2.24, 2.45) is 0 Å². The second-order valence-corrected chi connectivity index (χ2v) is 15.2. The van der Waals surface area contributed by atoms with Gasteiger partial charge in [-0.15, -0.1) is 17.6 Å². The first-order valence-corrected chi connectivity index (χ1v) is 9.32. The third-order valence-electron chi connectivity index (χ3n) is 1.78. The molecule has 0 aromatic rings. The van der Waals surface area contributed by atoms with Crippen LogP contribution in [0.25, 0.3) is 0 Å². The maximum absolute atomic E-state index is 3.07. The minimum atomic E-state index is -0.757. The van der Waals surface area contributed by atoms with Gasteiger partial charge >= 0.3 is 0 Å². The largest absolute Gasteiger partial charge is 0.144 e. The summed E-state index contributed by atoms with van der Waals surface area (Å²) >= 11 is 0. The highest BCUT2D eigenvalue weighted by Gasteiger charge is 2.23. The van der Waals surface area contributed by atoms with Gasteiger partial charge in [-0.1, -0.05) is 31.4 Å². The number of hydrogen-bond donors (Lipinski definition) is 0. The van der Waals surface area contributed by atoms with Crippen LogP contribution in [0.3, 0.4) is 0 Å². The molecular formula is C5H14P2Si. The molecule has 1 saturated heterocycles. The first-order valence-electron chi connectivity index (χ1n) is 3.28. The summed E-state index contributed by atoms with van der Waals surface area (Å²) < 4.78 is 0. The van der Waals surface area contributed by atoms with Gasteiger partial charge in [0.05, 0.1) is 7.41 Å². The summed E-state index contributed by atoms with van der Waals surface area (Å²) in [5.41, 5.74) is 0. The highest BCUT2D eigenvalue weighted by Crippen LogP contribution is 2.37. The molecule has 0 aliphatic carbocycles. The number of rotatable bonds is 0. The highest BCUT2D eigenvalue weighted by atomic mass is 31.6. The smallest absolute Gasteiger partial charge is 0.0951 e. The van der Waals surface area contributed by atoms with Crippen LogP contribution in [-0.4, -0.2) is 7.41 Å². The van der Waals surface area contributed by atoms with Crippen molar-refractivity contribution in [3.8, 4) is 0 Å². The Kier molecular flexibility index (Phi) is 2.49. The highest BCUT2D eigenvalue weighted by molar-refractivity contribution is 8.00. The summed E-state index contributed by atoms with van der Waals surface area (Å²) in [6.45, 7) is 0. The van der Waals surface area contributed by atoms with Crippen LogP contribution < -0.4 is 0 Å². The molecule has 1 aliphatic rings. The maximum atomic E-state index is 3.07. The molecule has 2 unspecified atom stereocenters. The summed E-state index contributed by atoms with van der Waals surface area (Å²) in [4.78, 5) is 0. The molecule has 0 aromatic heterocycles. The molecule has 0 saturated carbocycles. The van der Waals surface area contributed by atoms with Gasteiger partial charge in [0.15, 0.2) is 0 Å². The molecule has 0 radical (unpaired) electrons. The lowest BCUT2D eigenvalue weighted by Gasteiger charge is -2.25. The van der Waals surface area contributed by atoms with E-state index in [1.165, 1.54) is 31.4 Å². The minimum Gasteiger partial charge on any atom is -0.144 e. The van der Waals surface area contributed by atoms with Crippen molar-refractivity contribution in [3.05, 3.63) is 0 Å². The quantitative estimate of drug-likeness (QED) is 0.381. The van der Waals surface area contributed by atoms with E-state index < -0.39 is 7.41 Å². The van der Waals surface area contributed by atoms with Crippen molar-refractivity contribution in [1.82, 2.24) is 0 Å². The maximum Gasteiger partial charge on any atom is 0.0951 e. The van der Waals surface area contributed by atoms with Gasteiger partial charge in [0, 0.05) is 0 Å². The predicted octanol–water partition coefficient (Wildman–Crippen LogP) is 2.36. The van der Waals surface area contributed by atoms with E-state index in [1.807, 2.05) is 0 Å². The summed E-state index contributed by atoms with van der Waals surface area (Å²) in [5, 5.41) is 0. The normalized spacial score (nSPS) is 27.8. The van der Waals surface area contributed by atoms with E-state index in [0.29, 0.717) is 0 Å². The van der Waals surface area contributed by atoms with E-state index in [0.717, 1.165) is 0 Å². The van der Waals surface area contributed by atoms with Crippen molar-refractivity contribution in [3.63, 3.8) is 0 Å². The number of hydrogen-bond acceptors (Lipinski definition) is 0. The molecule has 1 fully saturated rings. The van der Waals surface area contributed by atoms with Gasteiger partial charge in [-0.2, -0.15) is 0 Å². The van der Waals surface area contributed by atoms with Gasteiger partial charge in [0.2, 0.25) is 0 Å². The molecule has 0 aromatic carbocycles. The third-order valence-corrected chi connectivity index (χ3v) is 7.82. The molecule has 3 heteroatoms. The van der Waals surface area contributed by atoms with Crippen molar-refractivity contribution < 1.29 is 0 Å². The molecule has 48 valence electrons. The van der Waals surface area contributed by atoms with E-state index >= 15 is 0 Å². The van der Waals surface area contributed by atoms with Crippen LogP contribution in [0, 0.1) is 0 Å². The van der Waals surface area contributed by atoms with Crippen LogP contribution >= 0.6 is 17.6 Å². The first-order chi connectivity index (χ1) is 3.71. The average molecular weight is 164 g/mol. The van der Waals surface area contributed by atoms with E-state index in [4.69, 9.17) is 0 Å². The molecule has 0 nitrogen and oxygen atoms in total.